The molecular formula is C28H29ClFN5O3S. The molecule has 0 aliphatic carbocycles. The lowest BCUT2D eigenvalue weighted by Crippen LogP contribution is -2.36. The fraction of sp³-hybridized carbons (Fsp3) is 0.393. The Morgan fingerprint density at radius 2 is 1.97 bits per heavy atom. The summed E-state index contributed by atoms with van der Waals surface area (Å²) >= 11 is 7.47. The van der Waals surface area contributed by atoms with E-state index < -0.39 is 5.97 Å². The molecule has 4 aromatic rings. The zero-order chi connectivity index (χ0) is 26.9. The number of rotatable bonds is 9. The van der Waals surface area contributed by atoms with Crippen LogP contribution in [0.2, 0.25) is 5.02 Å². The summed E-state index contributed by atoms with van der Waals surface area (Å²) in [6.45, 7) is 3.91. The molecule has 2 aliphatic rings. The molecule has 2 saturated heterocycles. The highest BCUT2D eigenvalue weighted by Crippen LogP contribution is 2.31. The van der Waals surface area contributed by atoms with E-state index in [1.807, 2.05) is 12.3 Å². The molecule has 11 heteroatoms. The minimum Gasteiger partial charge on any atom is -0.478 e. The average molecular weight is 570 g/mol. The Morgan fingerprint density at radius 1 is 1.15 bits per heavy atom. The molecule has 0 saturated carbocycles. The van der Waals surface area contributed by atoms with Crippen molar-refractivity contribution in [2.75, 3.05) is 19.7 Å². The third-order valence-electron chi connectivity index (χ3n) is 7.55. The predicted octanol–water partition coefficient (Wildman–Crippen LogP) is 5.64. The van der Waals surface area contributed by atoms with Crippen LogP contribution in [0.5, 0.6) is 0 Å². The standard InChI is InChI=1S/C28H29ClFN5O3S/c29-20-3-1-19(23(30)14-20)17-39-27-5-9-31-35(27)21-6-10-33(11-7-21)16-26-32-24-4-2-18(28(36)37)13-25(24)34(26)15-22-8-12-38-22/h1-5,9,13-14,21-22H,6-8,10-12,15-17H2,(H,36,37)/t22-/m1/s1. The van der Waals surface area contributed by atoms with Gasteiger partial charge in [0.05, 0.1) is 53.1 Å². The van der Waals surface area contributed by atoms with Crippen molar-refractivity contribution < 1.29 is 19.0 Å². The van der Waals surface area contributed by atoms with Crippen LogP contribution in [0.3, 0.4) is 0 Å². The molecule has 0 amide bonds. The molecular weight excluding hydrogens is 541 g/mol. The highest BCUT2D eigenvalue weighted by Gasteiger charge is 2.26. The third-order valence-corrected chi connectivity index (χ3v) is 8.86. The first kappa shape index (κ1) is 26.3. The van der Waals surface area contributed by atoms with Crippen LogP contribution < -0.4 is 0 Å². The molecule has 8 nitrogen and oxygen atoms in total. The Morgan fingerprint density at radius 3 is 2.69 bits per heavy atom. The van der Waals surface area contributed by atoms with Crippen LogP contribution in [0.4, 0.5) is 4.39 Å². The number of carbonyl (C=O) groups is 1. The number of benzene rings is 2. The van der Waals surface area contributed by atoms with E-state index in [9.17, 15) is 14.3 Å². The zero-order valence-electron chi connectivity index (χ0n) is 21.3. The molecule has 2 aliphatic heterocycles. The van der Waals surface area contributed by atoms with Crippen molar-refractivity contribution >= 4 is 40.4 Å². The summed E-state index contributed by atoms with van der Waals surface area (Å²) in [6.07, 6.45) is 4.83. The van der Waals surface area contributed by atoms with Gasteiger partial charge in [0.2, 0.25) is 0 Å². The summed E-state index contributed by atoms with van der Waals surface area (Å²) in [4.78, 5) is 18.8. The molecule has 2 aromatic heterocycles. The fourth-order valence-corrected chi connectivity index (χ4v) is 6.45. The summed E-state index contributed by atoms with van der Waals surface area (Å²) in [5, 5.41) is 15.5. The minimum absolute atomic E-state index is 0.137. The summed E-state index contributed by atoms with van der Waals surface area (Å²) < 4.78 is 24.1. The van der Waals surface area contributed by atoms with Crippen molar-refractivity contribution in [3.05, 3.63) is 76.5 Å². The van der Waals surface area contributed by atoms with Gasteiger partial charge in [-0.05, 0) is 61.2 Å². The Bertz CT molecular complexity index is 1500. The predicted molar refractivity (Wildman–Crippen MR) is 148 cm³/mol. The second-order valence-corrected chi connectivity index (χ2v) is 11.5. The number of likely N-dealkylation sites (tertiary alicyclic amines) is 1. The van der Waals surface area contributed by atoms with Crippen LogP contribution in [0, 0.1) is 5.82 Å². The van der Waals surface area contributed by atoms with Crippen molar-refractivity contribution in [1.82, 2.24) is 24.2 Å². The molecule has 0 bridgehead atoms. The Labute approximate surface area is 234 Å². The van der Waals surface area contributed by atoms with Gasteiger partial charge < -0.3 is 14.4 Å². The van der Waals surface area contributed by atoms with Gasteiger partial charge in [0.25, 0.3) is 0 Å². The first-order valence-electron chi connectivity index (χ1n) is 13.1. The maximum atomic E-state index is 14.2. The van der Waals surface area contributed by atoms with Crippen molar-refractivity contribution in [1.29, 1.82) is 0 Å². The number of carboxylic acid groups (broad SMARTS) is 1. The van der Waals surface area contributed by atoms with Crippen LogP contribution in [-0.2, 0) is 23.6 Å². The molecule has 39 heavy (non-hydrogen) atoms. The number of hydrogen-bond donors (Lipinski definition) is 1. The van der Waals surface area contributed by atoms with Crippen LogP contribution in [0.1, 0.15) is 47.1 Å². The van der Waals surface area contributed by atoms with E-state index in [1.54, 1.807) is 42.1 Å². The largest absolute Gasteiger partial charge is 0.478 e. The van der Waals surface area contributed by atoms with Gasteiger partial charge >= 0.3 is 5.97 Å². The second kappa shape index (κ2) is 11.3. The van der Waals surface area contributed by atoms with E-state index >= 15 is 0 Å². The van der Waals surface area contributed by atoms with Gasteiger partial charge in [0.1, 0.15) is 11.6 Å². The third kappa shape index (κ3) is 5.70. The van der Waals surface area contributed by atoms with Crippen LogP contribution >= 0.6 is 23.4 Å². The maximum Gasteiger partial charge on any atom is 0.335 e. The minimum atomic E-state index is -0.942. The topological polar surface area (TPSA) is 85.4 Å². The van der Waals surface area contributed by atoms with E-state index in [0.717, 1.165) is 60.8 Å². The number of carboxylic acids is 1. The van der Waals surface area contributed by atoms with Crippen LogP contribution in [-0.4, -0.2) is 61.1 Å². The molecule has 2 fully saturated rings. The van der Waals surface area contributed by atoms with Gasteiger partial charge in [-0.2, -0.15) is 5.10 Å². The number of halogens is 2. The van der Waals surface area contributed by atoms with Gasteiger partial charge in [-0.25, -0.2) is 14.2 Å². The van der Waals surface area contributed by atoms with E-state index in [4.69, 9.17) is 21.3 Å². The first-order valence-corrected chi connectivity index (χ1v) is 14.5. The number of thioether (sulfide) groups is 1. The van der Waals surface area contributed by atoms with Gasteiger partial charge in [-0.3, -0.25) is 9.58 Å². The van der Waals surface area contributed by atoms with Crippen molar-refractivity contribution in [3.8, 4) is 0 Å². The lowest BCUT2D eigenvalue weighted by Gasteiger charge is -2.33. The highest BCUT2D eigenvalue weighted by atomic mass is 35.5. The van der Waals surface area contributed by atoms with Crippen molar-refractivity contribution in [3.63, 3.8) is 0 Å². The molecule has 0 radical (unpaired) electrons. The Balaban J connectivity index is 1.12. The SMILES string of the molecule is O=C(O)c1ccc2nc(CN3CCC(n4nccc4SCc4ccc(Cl)cc4F)CC3)n(C[C@H]3CCO3)c2c1. The average Bonchev–Trinajstić information content (AvgIpc) is 3.50. The van der Waals surface area contributed by atoms with E-state index in [2.05, 4.69) is 19.2 Å². The number of piperidine rings is 1. The van der Waals surface area contributed by atoms with E-state index in [0.29, 0.717) is 29.4 Å². The number of aromatic carboxylic acids is 1. The summed E-state index contributed by atoms with van der Waals surface area (Å²) in [6, 6.07) is 12.2. The highest BCUT2D eigenvalue weighted by molar-refractivity contribution is 7.98. The molecule has 4 heterocycles. The van der Waals surface area contributed by atoms with Crippen molar-refractivity contribution in [2.24, 2.45) is 0 Å². The number of imidazole rings is 1. The quantitative estimate of drug-likeness (QED) is 0.261. The Hall–Kier alpha value is -2.92. The molecule has 2 aromatic carbocycles. The number of hydrogen-bond acceptors (Lipinski definition) is 6. The summed E-state index contributed by atoms with van der Waals surface area (Å²) in [7, 11) is 0. The van der Waals surface area contributed by atoms with Gasteiger partial charge in [-0.1, -0.05) is 17.7 Å². The van der Waals surface area contributed by atoms with E-state index in [1.165, 1.54) is 6.07 Å². The first-order chi connectivity index (χ1) is 18.9. The van der Waals surface area contributed by atoms with Crippen molar-refractivity contribution in [2.45, 2.75) is 55.3 Å². The lowest BCUT2D eigenvalue weighted by atomic mass is 10.1. The molecule has 0 unspecified atom stereocenters. The monoisotopic (exact) mass is 569 g/mol. The van der Waals surface area contributed by atoms with Crippen LogP contribution in [0.15, 0.2) is 53.7 Å². The van der Waals surface area contributed by atoms with Crippen LogP contribution in [0.25, 0.3) is 11.0 Å². The maximum absolute atomic E-state index is 14.2. The summed E-state index contributed by atoms with van der Waals surface area (Å²) in [5.74, 6) is 0.214. The van der Waals surface area contributed by atoms with Gasteiger partial charge in [0.15, 0.2) is 0 Å². The van der Waals surface area contributed by atoms with E-state index in [-0.39, 0.29) is 23.5 Å². The number of fused-ring (bicyclic) bond motifs is 1. The molecule has 1 atom stereocenters. The number of aromatic nitrogens is 4. The molecule has 204 valence electrons. The number of ether oxygens (including phenoxy) is 1. The van der Waals surface area contributed by atoms with Gasteiger partial charge in [0, 0.05) is 30.5 Å². The normalized spacial score (nSPS) is 18.5. The molecule has 6 rings (SSSR count). The zero-order valence-corrected chi connectivity index (χ0v) is 22.9. The molecule has 0 spiro atoms. The second-order valence-electron chi connectivity index (χ2n) is 10.1. The number of nitrogens with zero attached hydrogens (tertiary/aromatic N) is 5. The lowest BCUT2D eigenvalue weighted by molar-refractivity contribution is -0.0592. The summed E-state index contributed by atoms with van der Waals surface area (Å²) in [5.41, 5.74) is 2.53. The fourth-order valence-electron chi connectivity index (χ4n) is 5.27. The van der Waals surface area contributed by atoms with Gasteiger partial charge in [-0.15, -0.1) is 11.8 Å². The smallest absolute Gasteiger partial charge is 0.335 e. The Kier molecular flexibility index (Phi) is 7.61. The molecule has 1 N–H and O–H groups in total.